The summed E-state index contributed by atoms with van der Waals surface area (Å²) in [4.78, 5) is 8.70. The van der Waals surface area contributed by atoms with Gasteiger partial charge in [-0.25, -0.2) is 0 Å². The summed E-state index contributed by atoms with van der Waals surface area (Å²) in [5, 5.41) is 1.73. The Morgan fingerprint density at radius 1 is 0.600 bits per heavy atom. The fraction of sp³-hybridized carbons (Fsp3) is 0.179. The van der Waals surface area contributed by atoms with Crippen molar-refractivity contribution in [3.63, 3.8) is 0 Å². The van der Waals surface area contributed by atoms with E-state index in [1.54, 1.807) is 48.5 Å². The fourth-order valence-electron chi connectivity index (χ4n) is 7.80. The second-order valence-corrected chi connectivity index (χ2v) is 14.6. The minimum absolute atomic E-state index is 0. The number of hydrogen-bond donors (Lipinski definition) is 0. The largest absolute Gasteiger partial charge is 0.501 e. The summed E-state index contributed by atoms with van der Waals surface area (Å²) in [7, 11) is 0. The van der Waals surface area contributed by atoms with Crippen molar-refractivity contribution >= 4 is 21.9 Å². The first-order chi connectivity index (χ1) is 35.2. The molecule has 1 radical (unpaired) electrons. The minimum Gasteiger partial charge on any atom is -0.501 e. The number of fused-ring (bicyclic) bond motifs is 3. The first-order valence-corrected chi connectivity index (χ1v) is 19.4. The average Bonchev–Trinajstić information content (AvgIpc) is 4.01. The van der Waals surface area contributed by atoms with Gasteiger partial charge in [0.1, 0.15) is 5.58 Å². The van der Waals surface area contributed by atoms with Crippen LogP contribution in [0.4, 0.5) is 0 Å². The van der Waals surface area contributed by atoms with E-state index < -0.39 is 40.2 Å². The molecule has 0 saturated heterocycles. The predicted molar refractivity (Wildman–Crippen MR) is 245 cm³/mol. The van der Waals surface area contributed by atoms with Gasteiger partial charge in [-0.2, -0.15) is 0 Å². The van der Waals surface area contributed by atoms with Crippen molar-refractivity contribution in [2.24, 2.45) is 0 Å². The number of para-hydroxylation sites is 1. The molecule has 3 nitrogen and oxygen atoms in total. The van der Waals surface area contributed by atoms with E-state index in [-0.39, 0.29) is 59.0 Å². The monoisotopic (exact) mass is 973 g/mol. The number of furan rings is 1. The molecule has 0 aliphatic heterocycles. The van der Waals surface area contributed by atoms with Crippen LogP contribution < -0.4 is 0 Å². The van der Waals surface area contributed by atoms with Crippen LogP contribution in [0.2, 0.25) is 0 Å². The maximum Gasteiger partial charge on any atom is 0.120 e. The van der Waals surface area contributed by atoms with Crippen LogP contribution in [0.5, 0.6) is 0 Å². The van der Waals surface area contributed by atoms with E-state index in [4.69, 9.17) is 26.3 Å². The van der Waals surface area contributed by atoms with Crippen LogP contribution in [-0.4, -0.2) is 9.97 Å². The smallest absolute Gasteiger partial charge is 0.120 e. The molecule has 60 heavy (non-hydrogen) atoms. The third kappa shape index (κ3) is 8.28. The molecule has 4 heteroatoms. The van der Waals surface area contributed by atoms with Gasteiger partial charge < -0.3 is 14.4 Å². The van der Waals surface area contributed by atoms with Crippen molar-refractivity contribution in [2.45, 2.75) is 65.8 Å². The van der Waals surface area contributed by atoms with Crippen molar-refractivity contribution in [2.75, 3.05) is 0 Å². The number of benzene rings is 6. The number of nitrogens with zero attached hydrogens (tertiary/aromatic N) is 2. The van der Waals surface area contributed by atoms with Gasteiger partial charge in [0.25, 0.3) is 0 Å². The number of hydrogen-bond acceptors (Lipinski definition) is 3. The topological polar surface area (TPSA) is 38.9 Å². The van der Waals surface area contributed by atoms with Crippen molar-refractivity contribution in [3.05, 3.63) is 191 Å². The summed E-state index contributed by atoms with van der Waals surface area (Å²) in [5.41, 5.74) is 6.35. The van der Waals surface area contributed by atoms with Gasteiger partial charge in [0.05, 0.1) is 5.58 Å². The Hall–Kier alpha value is -5.93. The summed E-state index contributed by atoms with van der Waals surface area (Å²) >= 11 is 0. The number of aryl methyl sites for hydroxylation is 5. The number of aromatic nitrogens is 2. The van der Waals surface area contributed by atoms with Crippen LogP contribution in [0.25, 0.3) is 77.8 Å². The molecule has 299 valence electrons. The van der Waals surface area contributed by atoms with E-state index in [2.05, 4.69) is 22.1 Å². The van der Waals surface area contributed by atoms with Gasteiger partial charge in [-0.1, -0.05) is 139 Å². The molecule has 1 aliphatic rings. The van der Waals surface area contributed by atoms with Crippen molar-refractivity contribution in [1.82, 2.24) is 9.97 Å². The van der Waals surface area contributed by atoms with Gasteiger partial charge in [0.15, 0.2) is 0 Å². The third-order valence-corrected chi connectivity index (χ3v) is 10.8. The SMILES string of the molecule is [2H]C([2H])([2H])c1cc(C2([2H])CCCC2)ccc1-c1ccc(-c2cc(-c3[c-]ccc4c3oc3ccccc34)ncc2C([2H])([2H])[2H])c(C([2H])([2H])[2H])c1.[2H]C([2H])([2H])c1ccc(-c2[c-]cc(C([2H])([2H])[2H])c(-c3ccccc3)c2)nc1.[Ir]. The Morgan fingerprint density at radius 2 is 1.38 bits per heavy atom. The van der Waals surface area contributed by atoms with Crippen molar-refractivity contribution in [3.8, 4) is 55.9 Å². The van der Waals surface area contributed by atoms with Crippen LogP contribution >= 0.6 is 0 Å². The van der Waals surface area contributed by atoms with Crippen molar-refractivity contribution in [1.29, 1.82) is 0 Å². The summed E-state index contributed by atoms with van der Waals surface area (Å²) in [6.07, 6.45) is 5.65. The van der Waals surface area contributed by atoms with Gasteiger partial charge >= 0.3 is 0 Å². The number of pyridine rings is 2. The Kier molecular flexibility index (Phi) is 7.58. The maximum absolute atomic E-state index is 8.94. The van der Waals surface area contributed by atoms with E-state index in [0.717, 1.165) is 29.2 Å². The van der Waals surface area contributed by atoms with E-state index in [1.165, 1.54) is 36.7 Å². The first kappa shape index (κ1) is 25.6. The maximum atomic E-state index is 8.94. The van der Waals surface area contributed by atoms with E-state index in [1.807, 2.05) is 60.7 Å². The van der Waals surface area contributed by atoms with E-state index in [0.29, 0.717) is 68.8 Å². The van der Waals surface area contributed by atoms with Crippen LogP contribution in [0.1, 0.15) is 86.9 Å². The van der Waals surface area contributed by atoms with Crippen molar-refractivity contribution < 1.29 is 46.5 Å². The molecule has 0 bridgehead atoms. The van der Waals surface area contributed by atoms with Crippen LogP contribution in [-0.2, 0) is 20.1 Å². The molecule has 9 aromatic rings. The van der Waals surface area contributed by atoms with Crippen LogP contribution in [0.15, 0.2) is 150 Å². The molecule has 3 aromatic heterocycles. The molecule has 3 heterocycles. The zero-order chi connectivity index (χ0) is 53.9. The fourth-order valence-corrected chi connectivity index (χ4v) is 7.80. The first-order valence-electron chi connectivity index (χ1n) is 27.4. The molecule has 10 rings (SSSR count). The molecule has 0 unspecified atom stereocenters. The van der Waals surface area contributed by atoms with Gasteiger partial charge in [-0.3, -0.25) is 0 Å². The molecular formula is C56H48IrN2O-2. The zero-order valence-corrected chi connectivity index (χ0v) is 34.7. The quantitative estimate of drug-likeness (QED) is 0.156. The molecule has 1 saturated carbocycles. The zero-order valence-electron chi connectivity index (χ0n) is 48.3. The molecule has 0 atom stereocenters. The van der Waals surface area contributed by atoms with Crippen LogP contribution in [0.3, 0.4) is 0 Å². The average molecular weight is 973 g/mol. The molecule has 0 spiro atoms. The third-order valence-electron chi connectivity index (χ3n) is 10.8. The van der Waals surface area contributed by atoms with E-state index in [9.17, 15) is 0 Å². The molecular weight excluding hydrogens is 909 g/mol. The van der Waals surface area contributed by atoms with Gasteiger partial charge in [-0.05, 0) is 119 Å². The second kappa shape index (κ2) is 17.7. The predicted octanol–water partition coefficient (Wildman–Crippen LogP) is 15.2. The molecule has 6 aromatic carbocycles. The summed E-state index contributed by atoms with van der Waals surface area (Å²) in [5.74, 6) is -0.860. The Labute approximate surface area is 390 Å². The summed E-state index contributed by atoms with van der Waals surface area (Å²) in [6, 6.07) is 44.0. The molecule has 0 N–H and O–H groups in total. The summed E-state index contributed by atoms with van der Waals surface area (Å²) < 4.78 is 136. The van der Waals surface area contributed by atoms with Gasteiger partial charge in [0.2, 0.25) is 0 Å². The molecule has 1 fully saturated rings. The number of rotatable bonds is 6. The van der Waals surface area contributed by atoms with Crippen LogP contribution in [0, 0.1) is 46.4 Å². The normalized spacial score (nSPS) is 18.1. The molecule has 1 aliphatic carbocycles. The van der Waals surface area contributed by atoms with Gasteiger partial charge in [-0.15, -0.1) is 47.5 Å². The summed E-state index contributed by atoms with van der Waals surface area (Å²) in [6.45, 7) is -12.3. The Bertz CT molecular complexity index is 3550. The molecule has 0 amide bonds. The Balaban J connectivity index is 0.000000240. The minimum atomic E-state index is -2.69. The standard InChI is InChI=1S/C37H32NO.C19H16N.Ir/c1-23-19-27(26-9-4-5-10-26)15-17-29(23)28-16-18-30(24(2)20-28)34-21-35(38-22-25(34)3)33-13-8-12-32-31-11-6-7-14-36(31)39-37(32)33;1-14-8-11-19(20-13-14)17-10-9-15(2)18(12-17)16-6-4-3-5-7-16;/h6-8,11-12,14-22,26H,4-5,9-10H2,1-3H3;3-9,11-13H,1-2H3;/q2*-1;/i1D3,2D3,3D3,26D;1D3,2D3;. The van der Waals surface area contributed by atoms with Gasteiger partial charge in [0, 0.05) is 59.8 Å². The second-order valence-electron chi connectivity index (χ2n) is 14.6. The Morgan fingerprint density at radius 3 is 2.18 bits per heavy atom. The van der Waals surface area contributed by atoms with E-state index >= 15 is 0 Å².